The van der Waals surface area contributed by atoms with E-state index in [0.29, 0.717) is 54.7 Å². The average Bonchev–Trinajstić information content (AvgIpc) is 3.13. The van der Waals surface area contributed by atoms with Crippen LogP contribution in [0.3, 0.4) is 0 Å². The summed E-state index contributed by atoms with van der Waals surface area (Å²) in [6.45, 7) is 2.45. The van der Waals surface area contributed by atoms with Gasteiger partial charge in [0, 0.05) is 19.0 Å². The Balaban J connectivity index is 1.49. The van der Waals surface area contributed by atoms with Crippen LogP contribution in [0.4, 0.5) is 5.69 Å². The second-order valence-corrected chi connectivity index (χ2v) is 5.56. The number of anilines is 1. The third-order valence-corrected chi connectivity index (χ3v) is 3.62. The topological polar surface area (TPSA) is 90.1 Å². The van der Waals surface area contributed by atoms with Crippen molar-refractivity contribution in [1.82, 2.24) is 15.1 Å². The fraction of sp³-hybridized carbons (Fsp3) is 0.263. The number of pyridine rings is 1. The predicted molar refractivity (Wildman–Crippen MR) is 96.7 cm³/mol. The Labute approximate surface area is 151 Å². The van der Waals surface area contributed by atoms with Crippen molar-refractivity contribution >= 4 is 11.6 Å². The van der Waals surface area contributed by atoms with Gasteiger partial charge >= 0.3 is 0 Å². The molecule has 0 aliphatic rings. The molecule has 0 aliphatic heterocycles. The molecule has 0 radical (unpaired) electrons. The molecule has 1 N–H and O–H groups in total. The van der Waals surface area contributed by atoms with Crippen molar-refractivity contribution in [2.75, 3.05) is 11.9 Å². The van der Waals surface area contributed by atoms with Crippen LogP contribution in [-0.4, -0.2) is 27.6 Å². The van der Waals surface area contributed by atoms with Crippen LogP contribution in [0.25, 0.3) is 11.5 Å². The molecule has 2 heterocycles. The highest BCUT2D eigenvalue weighted by atomic mass is 16.5. The first-order valence-electron chi connectivity index (χ1n) is 8.52. The highest BCUT2D eigenvalue weighted by molar-refractivity contribution is 5.92. The molecule has 2 aromatic heterocycles. The zero-order chi connectivity index (χ0) is 18.2. The van der Waals surface area contributed by atoms with E-state index in [0.717, 1.165) is 0 Å². The largest absolute Gasteiger partial charge is 0.492 e. The second-order valence-electron chi connectivity index (χ2n) is 5.56. The Morgan fingerprint density at radius 2 is 2.04 bits per heavy atom. The van der Waals surface area contributed by atoms with Crippen LogP contribution in [0.15, 0.2) is 53.2 Å². The number of benzene rings is 1. The first kappa shape index (κ1) is 17.6. The maximum atomic E-state index is 12.1. The van der Waals surface area contributed by atoms with Gasteiger partial charge in [0.2, 0.25) is 17.6 Å². The Bertz CT molecular complexity index is 849. The maximum absolute atomic E-state index is 12.1. The van der Waals surface area contributed by atoms with Gasteiger partial charge in [-0.25, -0.2) is 0 Å². The maximum Gasteiger partial charge on any atom is 0.227 e. The minimum absolute atomic E-state index is 0.0818. The van der Waals surface area contributed by atoms with Crippen molar-refractivity contribution in [3.63, 3.8) is 0 Å². The van der Waals surface area contributed by atoms with Gasteiger partial charge in [0.15, 0.2) is 0 Å². The second kappa shape index (κ2) is 8.75. The molecular formula is C19H20N4O3. The zero-order valence-electron chi connectivity index (χ0n) is 14.5. The normalized spacial score (nSPS) is 10.5. The Morgan fingerprint density at radius 1 is 1.19 bits per heavy atom. The molecule has 0 saturated heterocycles. The Kier molecular flexibility index (Phi) is 5.92. The number of rotatable bonds is 8. The van der Waals surface area contributed by atoms with Crippen LogP contribution in [0.1, 0.15) is 25.7 Å². The molecule has 0 spiro atoms. The van der Waals surface area contributed by atoms with Crippen LogP contribution < -0.4 is 10.1 Å². The summed E-state index contributed by atoms with van der Waals surface area (Å²) >= 11 is 0. The van der Waals surface area contributed by atoms with E-state index in [1.807, 2.05) is 49.4 Å². The number of aromatic nitrogens is 3. The Morgan fingerprint density at radius 3 is 2.85 bits per heavy atom. The number of hydrogen-bond acceptors (Lipinski definition) is 6. The molecule has 1 aromatic carbocycles. The summed E-state index contributed by atoms with van der Waals surface area (Å²) in [5.74, 6) is 1.53. The standard InChI is InChI=1S/C19H20N4O3/c1-2-25-16-10-4-3-8-14(16)21-17(24)11-7-12-18-22-19(23-26-18)15-9-5-6-13-20-15/h3-6,8-10,13H,2,7,11-12H2,1H3,(H,21,24). The van der Waals surface area contributed by atoms with E-state index < -0.39 is 0 Å². The summed E-state index contributed by atoms with van der Waals surface area (Å²) in [5.41, 5.74) is 1.34. The summed E-state index contributed by atoms with van der Waals surface area (Å²) in [6.07, 6.45) is 3.16. The van der Waals surface area contributed by atoms with Gasteiger partial charge < -0.3 is 14.6 Å². The molecular weight excluding hydrogens is 332 g/mol. The molecule has 0 aliphatic carbocycles. The number of ether oxygens (including phenoxy) is 1. The van der Waals surface area contributed by atoms with Crippen molar-refractivity contribution < 1.29 is 14.1 Å². The first-order valence-corrected chi connectivity index (χ1v) is 8.52. The number of aryl methyl sites for hydroxylation is 1. The third-order valence-electron chi connectivity index (χ3n) is 3.62. The molecule has 3 rings (SSSR count). The molecule has 26 heavy (non-hydrogen) atoms. The molecule has 0 fully saturated rings. The van der Waals surface area contributed by atoms with Crippen molar-refractivity contribution in [3.8, 4) is 17.3 Å². The van der Waals surface area contributed by atoms with Gasteiger partial charge in [-0.2, -0.15) is 4.98 Å². The van der Waals surface area contributed by atoms with Crippen LogP contribution in [0.2, 0.25) is 0 Å². The van der Waals surface area contributed by atoms with Gasteiger partial charge in [-0.05, 0) is 37.6 Å². The SMILES string of the molecule is CCOc1ccccc1NC(=O)CCCc1nc(-c2ccccn2)no1. The molecule has 0 atom stereocenters. The van der Waals surface area contributed by atoms with Crippen LogP contribution in [0.5, 0.6) is 5.75 Å². The van der Waals surface area contributed by atoms with E-state index in [9.17, 15) is 4.79 Å². The van der Waals surface area contributed by atoms with E-state index in [4.69, 9.17) is 9.26 Å². The molecule has 0 saturated carbocycles. The summed E-state index contributed by atoms with van der Waals surface area (Å²) in [4.78, 5) is 20.6. The smallest absolute Gasteiger partial charge is 0.227 e. The average molecular weight is 352 g/mol. The minimum atomic E-state index is -0.0818. The Hall–Kier alpha value is -3.22. The van der Waals surface area contributed by atoms with E-state index in [1.165, 1.54) is 0 Å². The van der Waals surface area contributed by atoms with Crippen LogP contribution in [0, 0.1) is 0 Å². The lowest BCUT2D eigenvalue weighted by Crippen LogP contribution is -2.12. The van der Waals surface area contributed by atoms with E-state index in [2.05, 4.69) is 20.4 Å². The van der Waals surface area contributed by atoms with Crippen molar-refractivity contribution in [2.24, 2.45) is 0 Å². The highest BCUT2D eigenvalue weighted by Gasteiger charge is 2.11. The van der Waals surface area contributed by atoms with Gasteiger partial charge in [0.25, 0.3) is 0 Å². The molecule has 7 nitrogen and oxygen atoms in total. The highest BCUT2D eigenvalue weighted by Crippen LogP contribution is 2.24. The fourth-order valence-electron chi connectivity index (χ4n) is 2.42. The van der Waals surface area contributed by atoms with Gasteiger partial charge in [0.05, 0.1) is 12.3 Å². The summed E-state index contributed by atoms with van der Waals surface area (Å²) in [5, 5.41) is 6.79. The van der Waals surface area contributed by atoms with Gasteiger partial charge in [0.1, 0.15) is 11.4 Å². The summed E-state index contributed by atoms with van der Waals surface area (Å²) in [6, 6.07) is 12.9. The third kappa shape index (κ3) is 4.66. The van der Waals surface area contributed by atoms with E-state index in [-0.39, 0.29) is 5.91 Å². The first-order chi connectivity index (χ1) is 12.8. The quantitative estimate of drug-likeness (QED) is 0.667. The van der Waals surface area contributed by atoms with E-state index in [1.54, 1.807) is 6.20 Å². The number of nitrogens with one attached hydrogen (secondary N) is 1. The number of amides is 1. The summed E-state index contributed by atoms with van der Waals surface area (Å²) in [7, 11) is 0. The number of nitrogens with zero attached hydrogens (tertiary/aromatic N) is 3. The lowest BCUT2D eigenvalue weighted by Gasteiger charge is -2.10. The van der Waals surface area contributed by atoms with Crippen molar-refractivity contribution in [1.29, 1.82) is 0 Å². The van der Waals surface area contributed by atoms with Gasteiger partial charge in [-0.15, -0.1) is 0 Å². The van der Waals surface area contributed by atoms with Gasteiger partial charge in [-0.3, -0.25) is 9.78 Å². The summed E-state index contributed by atoms with van der Waals surface area (Å²) < 4.78 is 10.7. The molecule has 0 bridgehead atoms. The molecule has 3 aromatic rings. The van der Waals surface area contributed by atoms with Crippen molar-refractivity contribution in [3.05, 3.63) is 54.6 Å². The lowest BCUT2D eigenvalue weighted by molar-refractivity contribution is -0.116. The zero-order valence-corrected chi connectivity index (χ0v) is 14.5. The van der Waals surface area contributed by atoms with Gasteiger partial charge in [-0.1, -0.05) is 23.4 Å². The monoisotopic (exact) mass is 352 g/mol. The molecule has 134 valence electrons. The molecule has 0 unspecified atom stereocenters. The van der Waals surface area contributed by atoms with Crippen molar-refractivity contribution in [2.45, 2.75) is 26.2 Å². The number of hydrogen-bond donors (Lipinski definition) is 1. The van der Waals surface area contributed by atoms with Crippen LogP contribution >= 0.6 is 0 Å². The van der Waals surface area contributed by atoms with E-state index >= 15 is 0 Å². The lowest BCUT2D eigenvalue weighted by atomic mass is 10.2. The molecule has 7 heteroatoms. The van der Waals surface area contributed by atoms with Crippen LogP contribution in [-0.2, 0) is 11.2 Å². The predicted octanol–water partition coefficient (Wildman–Crippen LogP) is 3.49. The fourth-order valence-corrected chi connectivity index (χ4v) is 2.42. The number of carbonyl (C=O) groups is 1. The number of carbonyl (C=O) groups excluding carboxylic acids is 1. The number of para-hydroxylation sites is 2. The molecule has 1 amide bonds. The minimum Gasteiger partial charge on any atom is -0.492 e.